The second-order valence-corrected chi connectivity index (χ2v) is 9.03. The van der Waals surface area contributed by atoms with E-state index < -0.39 is 27.6 Å². The highest BCUT2D eigenvalue weighted by molar-refractivity contribution is 7.91. The van der Waals surface area contributed by atoms with Gasteiger partial charge in [-0.15, -0.1) is 0 Å². The number of halogens is 2. The summed E-state index contributed by atoms with van der Waals surface area (Å²) < 4.78 is 37.8. The third-order valence-electron chi connectivity index (χ3n) is 4.41. The Hall–Kier alpha value is -2.70. The molecule has 0 fully saturated rings. The number of sulfone groups is 1. The Morgan fingerprint density at radius 3 is 2.10 bits per heavy atom. The van der Waals surface area contributed by atoms with E-state index in [1.165, 1.54) is 12.1 Å². The van der Waals surface area contributed by atoms with Crippen molar-refractivity contribution in [3.05, 3.63) is 101 Å². The quantitative estimate of drug-likeness (QED) is 0.558. The van der Waals surface area contributed by atoms with Crippen LogP contribution in [0.5, 0.6) is 0 Å². The summed E-state index contributed by atoms with van der Waals surface area (Å²) in [5.41, 5.74) is 1.69. The van der Waals surface area contributed by atoms with E-state index in [1.807, 2.05) is 42.5 Å². The lowest BCUT2D eigenvalue weighted by molar-refractivity contribution is -0.121. The zero-order valence-electron chi connectivity index (χ0n) is 15.4. The summed E-state index contributed by atoms with van der Waals surface area (Å²) in [7, 11) is -3.69. The van der Waals surface area contributed by atoms with Crippen molar-refractivity contribution >= 4 is 27.3 Å². The largest absolute Gasteiger partial charge is 0.345 e. The Balaban J connectivity index is 1.73. The van der Waals surface area contributed by atoms with Crippen LogP contribution in [0.3, 0.4) is 0 Å². The van der Waals surface area contributed by atoms with E-state index in [2.05, 4.69) is 5.32 Å². The number of rotatable bonds is 7. The zero-order chi connectivity index (χ0) is 20.9. The maximum Gasteiger partial charge on any atom is 0.221 e. The molecule has 0 saturated carbocycles. The first kappa shape index (κ1) is 21.0. The van der Waals surface area contributed by atoms with Crippen molar-refractivity contribution in [2.75, 3.05) is 5.75 Å². The van der Waals surface area contributed by atoms with E-state index in [0.29, 0.717) is 5.02 Å². The summed E-state index contributed by atoms with van der Waals surface area (Å²) in [6.07, 6.45) is -0.212. The molecule has 0 radical (unpaired) electrons. The van der Waals surface area contributed by atoms with Crippen molar-refractivity contribution in [2.24, 2.45) is 0 Å². The van der Waals surface area contributed by atoms with E-state index in [9.17, 15) is 17.6 Å². The second kappa shape index (κ2) is 9.20. The van der Waals surface area contributed by atoms with Gasteiger partial charge in [-0.1, -0.05) is 54.1 Å². The van der Waals surface area contributed by atoms with E-state index in [0.717, 1.165) is 23.3 Å². The summed E-state index contributed by atoms with van der Waals surface area (Å²) in [5.74, 6) is -1.29. The highest BCUT2D eigenvalue weighted by atomic mass is 35.5. The van der Waals surface area contributed by atoms with Crippen molar-refractivity contribution in [2.45, 2.75) is 17.4 Å². The number of nitrogens with one attached hydrogen (secondary N) is 1. The van der Waals surface area contributed by atoms with Crippen molar-refractivity contribution in [1.82, 2.24) is 5.32 Å². The normalized spacial score (nSPS) is 12.3. The SMILES string of the molecule is O=C(CCS(=O)(=O)c1ccc(F)cc1)NC(c1ccccc1)c1ccc(Cl)cc1. The molecule has 0 aliphatic carbocycles. The van der Waals surface area contributed by atoms with Crippen LogP contribution in [0.2, 0.25) is 5.02 Å². The molecule has 1 N–H and O–H groups in total. The molecule has 0 aliphatic rings. The van der Waals surface area contributed by atoms with Gasteiger partial charge in [-0.25, -0.2) is 12.8 Å². The minimum atomic E-state index is -3.69. The standard InChI is InChI=1S/C22H19ClFNO3S/c23-18-8-6-17(7-9-18)22(16-4-2-1-3-5-16)25-21(26)14-15-29(27,28)20-12-10-19(24)11-13-20/h1-13,22H,14-15H2,(H,25,26). The van der Waals surface area contributed by atoms with E-state index >= 15 is 0 Å². The Kier molecular flexibility index (Phi) is 6.67. The van der Waals surface area contributed by atoms with Crippen LogP contribution < -0.4 is 5.32 Å². The Labute approximate surface area is 174 Å². The third kappa shape index (κ3) is 5.65. The van der Waals surface area contributed by atoms with Crippen LogP contribution in [0.1, 0.15) is 23.6 Å². The minimum Gasteiger partial charge on any atom is -0.345 e. The Morgan fingerprint density at radius 2 is 1.48 bits per heavy atom. The van der Waals surface area contributed by atoms with Gasteiger partial charge in [-0.2, -0.15) is 0 Å². The van der Waals surface area contributed by atoms with Crippen LogP contribution in [0, 0.1) is 5.82 Å². The summed E-state index contributed by atoms with van der Waals surface area (Å²) in [5, 5.41) is 3.48. The Morgan fingerprint density at radius 1 is 0.897 bits per heavy atom. The molecule has 0 aliphatic heterocycles. The first-order valence-electron chi connectivity index (χ1n) is 8.93. The molecule has 29 heavy (non-hydrogen) atoms. The van der Waals surface area contributed by atoms with E-state index in [-0.39, 0.29) is 17.1 Å². The fraction of sp³-hybridized carbons (Fsp3) is 0.136. The monoisotopic (exact) mass is 431 g/mol. The average Bonchev–Trinajstić information content (AvgIpc) is 2.72. The van der Waals surface area contributed by atoms with Crippen LogP contribution in [0.25, 0.3) is 0 Å². The van der Waals surface area contributed by atoms with Crippen LogP contribution in [-0.2, 0) is 14.6 Å². The molecule has 1 amide bonds. The number of carbonyl (C=O) groups excluding carboxylic acids is 1. The molecule has 0 aromatic heterocycles. The molecule has 3 rings (SSSR count). The molecule has 3 aromatic carbocycles. The van der Waals surface area contributed by atoms with Gasteiger partial charge in [0, 0.05) is 11.4 Å². The highest BCUT2D eigenvalue weighted by Crippen LogP contribution is 2.24. The van der Waals surface area contributed by atoms with Crippen molar-refractivity contribution in [1.29, 1.82) is 0 Å². The van der Waals surface area contributed by atoms with Gasteiger partial charge in [-0.05, 0) is 47.5 Å². The highest BCUT2D eigenvalue weighted by Gasteiger charge is 2.20. The van der Waals surface area contributed by atoms with Crippen LogP contribution in [0.15, 0.2) is 83.8 Å². The lowest BCUT2D eigenvalue weighted by Gasteiger charge is -2.20. The van der Waals surface area contributed by atoms with Crippen LogP contribution >= 0.6 is 11.6 Å². The first-order valence-corrected chi connectivity index (χ1v) is 11.0. The molecule has 0 heterocycles. The minimum absolute atomic E-state index is 0.0102. The van der Waals surface area contributed by atoms with Gasteiger partial charge < -0.3 is 5.32 Å². The van der Waals surface area contributed by atoms with Crippen molar-refractivity contribution < 1.29 is 17.6 Å². The molecular formula is C22H19ClFNO3S. The number of amides is 1. The number of benzene rings is 3. The Bertz CT molecular complexity index is 1070. The molecule has 1 unspecified atom stereocenters. The summed E-state index contributed by atoms with van der Waals surface area (Å²) in [6, 6.07) is 20.6. The fourth-order valence-electron chi connectivity index (χ4n) is 2.88. The molecule has 0 spiro atoms. The molecule has 1 atom stereocenters. The molecule has 7 heteroatoms. The van der Waals surface area contributed by atoms with Gasteiger partial charge in [0.25, 0.3) is 0 Å². The lowest BCUT2D eigenvalue weighted by Crippen LogP contribution is -2.30. The van der Waals surface area contributed by atoms with Crippen molar-refractivity contribution in [3.63, 3.8) is 0 Å². The van der Waals surface area contributed by atoms with E-state index in [4.69, 9.17) is 11.6 Å². The third-order valence-corrected chi connectivity index (χ3v) is 6.40. The predicted octanol–water partition coefficient (Wildman–Crippen LogP) is 4.55. The number of carbonyl (C=O) groups is 1. The lowest BCUT2D eigenvalue weighted by atomic mass is 9.98. The molecular weight excluding hydrogens is 413 g/mol. The fourth-order valence-corrected chi connectivity index (χ4v) is 4.25. The van der Waals surface area contributed by atoms with Crippen LogP contribution in [-0.4, -0.2) is 20.1 Å². The summed E-state index contributed by atoms with van der Waals surface area (Å²) in [4.78, 5) is 12.5. The van der Waals surface area contributed by atoms with Gasteiger partial charge in [0.05, 0.1) is 16.7 Å². The summed E-state index contributed by atoms with van der Waals surface area (Å²) in [6.45, 7) is 0. The number of hydrogen-bond donors (Lipinski definition) is 1. The smallest absolute Gasteiger partial charge is 0.221 e. The molecule has 150 valence electrons. The second-order valence-electron chi connectivity index (χ2n) is 6.49. The maximum absolute atomic E-state index is 13.0. The zero-order valence-corrected chi connectivity index (χ0v) is 17.0. The van der Waals surface area contributed by atoms with Gasteiger partial charge in [0.2, 0.25) is 5.91 Å². The average molecular weight is 432 g/mol. The van der Waals surface area contributed by atoms with E-state index in [1.54, 1.807) is 12.1 Å². The van der Waals surface area contributed by atoms with Gasteiger partial charge in [-0.3, -0.25) is 4.79 Å². The molecule has 4 nitrogen and oxygen atoms in total. The molecule has 0 saturated heterocycles. The molecule has 3 aromatic rings. The molecule has 0 bridgehead atoms. The first-order chi connectivity index (χ1) is 13.8. The van der Waals surface area contributed by atoms with Gasteiger partial charge in [0.1, 0.15) is 5.82 Å². The number of hydrogen-bond acceptors (Lipinski definition) is 3. The maximum atomic E-state index is 13.0. The van der Waals surface area contributed by atoms with Crippen molar-refractivity contribution in [3.8, 4) is 0 Å². The van der Waals surface area contributed by atoms with Gasteiger partial charge in [0.15, 0.2) is 9.84 Å². The summed E-state index contributed by atoms with van der Waals surface area (Å²) >= 11 is 5.96. The van der Waals surface area contributed by atoms with Crippen LogP contribution in [0.4, 0.5) is 4.39 Å². The predicted molar refractivity (Wildman–Crippen MR) is 111 cm³/mol. The van der Waals surface area contributed by atoms with Gasteiger partial charge >= 0.3 is 0 Å². The topological polar surface area (TPSA) is 63.2 Å².